The van der Waals surface area contributed by atoms with Crippen molar-refractivity contribution in [2.24, 2.45) is 5.92 Å². The van der Waals surface area contributed by atoms with E-state index in [1.54, 1.807) is 0 Å². The molecule has 0 saturated carbocycles. The van der Waals surface area contributed by atoms with Crippen molar-refractivity contribution in [1.29, 1.82) is 0 Å². The maximum Gasteiger partial charge on any atom is 0.132 e. The summed E-state index contributed by atoms with van der Waals surface area (Å²) in [4.78, 5) is 9.00. The Morgan fingerprint density at radius 1 is 1.11 bits per heavy atom. The summed E-state index contributed by atoms with van der Waals surface area (Å²) in [6, 6.07) is 2.40. The first-order valence-corrected chi connectivity index (χ1v) is 6.95. The standard InChI is InChI=1S/C14H26N4/c1-6-8-15-13-9-14(16-11(5)10(3)4)18-12(7-2)17-13/h9-11H,6-8H2,1-5H3,(H2,15,16,17,18). The van der Waals surface area contributed by atoms with Gasteiger partial charge in [0.25, 0.3) is 0 Å². The van der Waals surface area contributed by atoms with Gasteiger partial charge in [-0.15, -0.1) is 0 Å². The van der Waals surface area contributed by atoms with E-state index < -0.39 is 0 Å². The number of hydrogen-bond donors (Lipinski definition) is 2. The Hall–Kier alpha value is -1.32. The van der Waals surface area contributed by atoms with E-state index in [9.17, 15) is 0 Å². The Labute approximate surface area is 111 Å². The molecular weight excluding hydrogens is 224 g/mol. The number of hydrogen-bond acceptors (Lipinski definition) is 4. The zero-order valence-corrected chi connectivity index (χ0v) is 12.2. The monoisotopic (exact) mass is 250 g/mol. The molecule has 1 aromatic rings. The molecule has 2 N–H and O–H groups in total. The summed E-state index contributed by atoms with van der Waals surface area (Å²) in [7, 11) is 0. The third-order valence-electron chi connectivity index (χ3n) is 3.02. The predicted molar refractivity (Wildman–Crippen MR) is 78.1 cm³/mol. The zero-order chi connectivity index (χ0) is 13.5. The Morgan fingerprint density at radius 3 is 2.33 bits per heavy atom. The molecule has 0 fully saturated rings. The van der Waals surface area contributed by atoms with Crippen LogP contribution in [0.2, 0.25) is 0 Å². The van der Waals surface area contributed by atoms with Crippen LogP contribution in [0.5, 0.6) is 0 Å². The number of aryl methyl sites for hydroxylation is 1. The first-order valence-electron chi connectivity index (χ1n) is 6.95. The molecule has 1 unspecified atom stereocenters. The van der Waals surface area contributed by atoms with Crippen LogP contribution in [0.3, 0.4) is 0 Å². The van der Waals surface area contributed by atoms with Crippen molar-refractivity contribution in [2.45, 2.75) is 53.5 Å². The Kier molecular flexibility index (Phi) is 5.89. The highest BCUT2D eigenvalue weighted by atomic mass is 15.1. The molecule has 1 aromatic heterocycles. The van der Waals surface area contributed by atoms with E-state index in [-0.39, 0.29) is 0 Å². The fraction of sp³-hybridized carbons (Fsp3) is 0.714. The fourth-order valence-electron chi connectivity index (χ4n) is 1.47. The quantitative estimate of drug-likeness (QED) is 0.779. The van der Waals surface area contributed by atoms with Crippen LogP contribution < -0.4 is 10.6 Å². The van der Waals surface area contributed by atoms with Gasteiger partial charge in [0.15, 0.2) is 0 Å². The molecule has 0 aliphatic carbocycles. The van der Waals surface area contributed by atoms with Crippen LogP contribution in [-0.2, 0) is 6.42 Å². The minimum Gasteiger partial charge on any atom is -0.370 e. The summed E-state index contributed by atoms with van der Waals surface area (Å²) in [6.07, 6.45) is 1.95. The lowest BCUT2D eigenvalue weighted by Crippen LogP contribution is -2.22. The maximum atomic E-state index is 4.52. The van der Waals surface area contributed by atoms with Gasteiger partial charge in [-0.05, 0) is 19.3 Å². The minimum atomic E-state index is 0.406. The van der Waals surface area contributed by atoms with Gasteiger partial charge < -0.3 is 10.6 Å². The van der Waals surface area contributed by atoms with Crippen molar-refractivity contribution < 1.29 is 0 Å². The smallest absolute Gasteiger partial charge is 0.132 e. The van der Waals surface area contributed by atoms with Crippen LogP contribution >= 0.6 is 0 Å². The lowest BCUT2D eigenvalue weighted by Gasteiger charge is -2.19. The number of aromatic nitrogens is 2. The van der Waals surface area contributed by atoms with E-state index in [0.717, 1.165) is 36.8 Å². The zero-order valence-electron chi connectivity index (χ0n) is 12.2. The van der Waals surface area contributed by atoms with Crippen molar-refractivity contribution in [1.82, 2.24) is 9.97 Å². The van der Waals surface area contributed by atoms with Crippen LogP contribution in [0, 0.1) is 5.92 Å². The molecule has 102 valence electrons. The average molecular weight is 250 g/mol. The van der Waals surface area contributed by atoms with E-state index in [0.29, 0.717) is 12.0 Å². The highest BCUT2D eigenvalue weighted by Crippen LogP contribution is 2.15. The SMILES string of the molecule is CCCNc1cc(NC(C)C(C)C)nc(CC)n1. The molecule has 4 nitrogen and oxygen atoms in total. The second kappa shape index (κ2) is 7.19. The van der Waals surface area contributed by atoms with E-state index in [1.807, 2.05) is 6.07 Å². The highest BCUT2D eigenvalue weighted by Gasteiger charge is 2.09. The van der Waals surface area contributed by atoms with Crippen LogP contribution in [0.25, 0.3) is 0 Å². The summed E-state index contributed by atoms with van der Waals surface area (Å²) in [5.41, 5.74) is 0. The summed E-state index contributed by atoms with van der Waals surface area (Å²) in [5, 5.41) is 6.76. The normalized spacial score (nSPS) is 12.6. The van der Waals surface area contributed by atoms with Gasteiger partial charge in [0.2, 0.25) is 0 Å². The van der Waals surface area contributed by atoms with Gasteiger partial charge in [-0.3, -0.25) is 0 Å². The first kappa shape index (κ1) is 14.7. The molecule has 1 atom stereocenters. The molecule has 1 rings (SSSR count). The van der Waals surface area contributed by atoms with Crippen LogP contribution in [0.4, 0.5) is 11.6 Å². The van der Waals surface area contributed by atoms with Crippen molar-refractivity contribution >= 4 is 11.6 Å². The Balaban J connectivity index is 2.82. The molecule has 0 saturated heterocycles. The van der Waals surface area contributed by atoms with Crippen LogP contribution in [0.1, 0.15) is 46.9 Å². The summed E-state index contributed by atoms with van der Waals surface area (Å²) in [6.45, 7) is 11.8. The Bertz CT molecular complexity index is 363. The van der Waals surface area contributed by atoms with Crippen LogP contribution in [0.15, 0.2) is 6.07 Å². The summed E-state index contributed by atoms with van der Waals surface area (Å²) in [5.74, 6) is 3.30. The maximum absolute atomic E-state index is 4.52. The van der Waals surface area contributed by atoms with E-state index in [4.69, 9.17) is 0 Å². The summed E-state index contributed by atoms with van der Waals surface area (Å²) < 4.78 is 0. The van der Waals surface area contributed by atoms with Gasteiger partial charge in [-0.1, -0.05) is 27.7 Å². The number of anilines is 2. The third-order valence-corrected chi connectivity index (χ3v) is 3.02. The van der Waals surface area contributed by atoms with Crippen molar-refractivity contribution in [2.75, 3.05) is 17.2 Å². The van der Waals surface area contributed by atoms with Gasteiger partial charge in [0, 0.05) is 25.1 Å². The predicted octanol–water partition coefficient (Wildman–Crippen LogP) is 3.32. The number of nitrogens with one attached hydrogen (secondary N) is 2. The van der Waals surface area contributed by atoms with Gasteiger partial charge in [0.05, 0.1) is 0 Å². The molecule has 0 aliphatic heterocycles. The number of nitrogens with zero attached hydrogens (tertiary/aromatic N) is 2. The minimum absolute atomic E-state index is 0.406. The molecular formula is C14H26N4. The average Bonchev–Trinajstić information content (AvgIpc) is 2.35. The molecule has 1 heterocycles. The third kappa shape index (κ3) is 4.51. The van der Waals surface area contributed by atoms with Gasteiger partial charge in [0.1, 0.15) is 17.5 Å². The van der Waals surface area contributed by atoms with Crippen molar-refractivity contribution in [3.05, 3.63) is 11.9 Å². The van der Waals surface area contributed by atoms with Gasteiger partial charge in [-0.2, -0.15) is 0 Å². The van der Waals surface area contributed by atoms with E-state index >= 15 is 0 Å². The number of rotatable bonds is 7. The van der Waals surface area contributed by atoms with E-state index in [1.165, 1.54) is 0 Å². The molecule has 4 heteroatoms. The highest BCUT2D eigenvalue weighted by molar-refractivity contribution is 5.48. The largest absolute Gasteiger partial charge is 0.370 e. The van der Waals surface area contributed by atoms with Crippen LogP contribution in [-0.4, -0.2) is 22.6 Å². The molecule has 0 radical (unpaired) electrons. The van der Waals surface area contributed by atoms with Crippen molar-refractivity contribution in [3.63, 3.8) is 0 Å². The van der Waals surface area contributed by atoms with E-state index in [2.05, 4.69) is 55.2 Å². The van der Waals surface area contributed by atoms with Gasteiger partial charge >= 0.3 is 0 Å². The second-order valence-electron chi connectivity index (χ2n) is 5.01. The molecule has 18 heavy (non-hydrogen) atoms. The van der Waals surface area contributed by atoms with Gasteiger partial charge in [-0.25, -0.2) is 9.97 Å². The topological polar surface area (TPSA) is 49.8 Å². The first-order chi connectivity index (χ1) is 8.56. The Morgan fingerprint density at radius 2 is 1.78 bits per heavy atom. The second-order valence-corrected chi connectivity index (χ2v) is 5.01. The molecule has 0 bridgehead atoms. The molecule has 0 amide bonds. The molecule has 0 aliphatic rings. The summed E-state index contributed by atoms with van der Waals surface area (Å²) >= 11 is 0. The van der Waals surface area contributed by atoms with Crippen molar-refractivity contribution in [3.8, 4) is 0 Å². The molecule has 0 aromatic carbocycles. The lowest BCUT2D eigenvalue weighted by atomic mass is 10.1. The molecule has 0 spiro atoms. The lowest BCUT2D eigenvalue weighted by molar-refractivity contribution is 0.558. The fourth-order valence-corrected chi connectivity index (χ4v) is 1.47.